The highest BCUT2D eigenvalue weighted by atomic mass is 19.4. The Hall–Kier alpha value is -8.50. The molecule has 1 aliphatic heterocycles. The molecular weight excluding hydrogens is 871 g/mol. The summed E-state index contributed by atoms with van der Waals surface area (Å²) in [5.41, 5.74) is 6.73. The first-order chi connectivity index (χ1) is 32.9. The zero-order chi connectivity index (χ0) is 46.9. The molecule has 330 valence electrons. The number of fused-ring (bicyclic) bond motifs is 4. The number of hydrogen-bond acceptors (Lipinski definition) is 2. The van der Waals surface area contributed by atoms with Crippen LogP contribution in [0.4, 0.5) is 32.0 Å². The minimum absolute atomic E-state index is 0.0749. The number of para-hydroxylation sites is 2. The first-order valence-corrected chi connectivity index (χ1v) is 21.6. The summed E-state index contributed by atoms with van der Waals surface area (Å²) < 4.78 is 85.0. The number of aromatic nitrogens is 1. The van der Waals surface area contributed by atoms with Crippen LogP contribution >= 0.6 is 0 Å². The second-order valence-corrected chi connectivity index (χ2v) is 16.6. The molecule has 0 N–H and O–H groups in total. The monoisotopic (exact) mass is 904 g/mol. The van der Waals surface area contributed by atoms with Gasteiger partial charge in [-0.1, -0.05) is 158 Å². The van der Waals surface area contributed by atoms with Gasteiger partial charge in [-0.25, -0.2) is 4.90 Å². The molecule has 68 heavy (non-hydrogen) atoms. The topological polar surface area (TPSA) is 42.3 Å². The average Bonchev–Trinajstić information content (AvgIpc) is 3.84. The Morgan fingerprint density at radius 2 is 0.735 bits per heavy atom. The summed E-state index contributed by atoms with van der Waals surface area (Å²) in [6.07, 6.45) is -9.16. The third-order valence-electron chi connectivity index (χ3n) is 12.6. The van der Waals surface area contributed by atoms with Crippen LogP contribution in [0.1, 0.15) is 31.8 Å². The minimum atomic E-state index is -4.58. The summed E-state index contributed by atoms with van der Waals surface area (Å²) in [7, 11) is 0. The van der Waals surface area contributed by atoms with Gasteiger partial charge in [-0.15, -0.1) is 0 Å². The number of benzene rings is 9. The van der Waals surface area contributed by atoms with Crippen LogP contribution in [0.5, 0.6) is 0 Å². The molecule has 0 saturated carbocycles. The van der Waals surface area contributed by atoms with Crippen molar-refractivity contribution in [3.8, 4) is 61.3 Å². The Morgan fingerprint density at radius 1 is 0.338 bits per heavy atom. The van der Waals surface area contributed by atoms with Crippen LogP contribution < -0.4 is 4.90 Å². The molecule has 1 aromatic heterocycles. The van der Waals surface area contributed by atoms with Crippen molar-refractivity contribution in [1.29, 1.82) is 0 Å². The van der Waals surface area contributed by atoms with Crippen molar-refractivity contribution in [3.05, 3.63) is 229 Å². The molecule has 0 spiro atoms. The third kappa shape index (κ3) is 7.04. The van der Waals surface area contributed by atoms with Crippen molar-refractivity contribution < 1.29 is 35.9 Å². The van der Waals surface area contributed by atoms with Crippen molar-refractivity contribution in [1.82, 2.24) is 4.57 Å². The quantitative estimate of drug-likeness (QED) is 0.118. The van der Waals surface area contributed by atoms with Crippen molar-refractivity contribution >= 4 is 39.3 Å². The smallest absolute Gasteiger partial charge is 0.307 e. The number of anilines is 1. The molecule has 1 aliphatic rings. The van der Waals surface area contributed by atoms with E-state index in [0.717, 1.165) is 46.5 Å². The van der Waals surface area contributed by atoms with Gasteiger partial charge in [0.25, 0.3) is 11.8 Å². The maximum Gasteiger partial charge on any atom is 0.416 e. The predicted molar refractivity (Wildman–Crippen MR) is 256 cm³/mol. The van der Waals surface area contributed by atoms with Crippen LogP contribution in [-0.4, -0.2) is 16.4 Å². The number of halogens is 6. The number of carbonyl (C=O) groups excluding carboxylic acids is 2. The van der Waals surface area contributed by atoms with Crippen LogP contribution in [0.25, 0.3) is 83.1 Å². The Labute approximate surface area is 385 Å². The van der Waals surface area contributed by atoms with Gasteiger partial charge in [-0.3, -0.25) is 9.59 Å². The molecule has 10 aromatic rings. The number of carbonyl (C=O) groups is 2. The molecule has 4 nitrogen and oxygen atoms in total. The van der Waals surface area contributed by atoms with Crippen molar-refractivity contribution in [2.75, 3.05) is 4.90 Å². The Morgan fingerprint density at radius 3 is 1.18 bits per heavy atom. The highest BCUT2D eigenvalue weighted by Gasteiger charge is 2.42. The third-order valence-corrected chi connectivity index (χ3v) is 12.6. The molecule has 0 bridgehead atoms. The van der Waals surface area contributed by atoms with Crippen LogP contribution in [0, 0.1) is 0 Å². The van der Waals surface area contributed by atoms with E-state index in [2.05, 4.69) is 0 Å². The van der Waals surface area contributed by atoms with Gasteiger partial charge in [-0.05, 0) is 81.9 Å². The van der Waals surface area contributed by atoms with E-state index in [1.165, 1.54) is 29.2 Å². The first kappa shape index (κ1) is 42.2. The van der Waals surface area contributed by atoms with Gasteiger partial charge in [0.2, 0.25) is 0 Å². The molecule has 11 rings (SSSR count). The first-order valence-electron chi connectivity index (χ1n) is 21.6. The van der Waals surface area contributed by atoms with Gasteiger partial charge in [0.1, 0.15) is 0 Å². The van der Waals surface area contributed by atoms with Crippen LogP contribution in [0.15, 0.2) is 206 Å². The lowest BCUT2D eigenvalue weighted by Gasteiger charge is -2.24. The molecule has 2 heterocycles. The molecular formula is C58H34F6N2O2. The van der Waals surface area contributed by atoms with Crippen molar-refractivity contribution in [2.45, 2.75) is 12.4 Å². The fourth-order valence-corrected chi connectivity index (χ4v) is 9.50. The van der Waals surface area contributed by atoms with Gasteiger partial charge < -0.3 is 4.57 Å². The molecule has 0 saturated heterocycles. The van der Waals surface area contributed by atoms with E-state index in [9.17, 15) is 26.3 Å². The van der Waals surface area contributed by atoms with Crippen LogP contribution in [-0.2, 0) is 12.4 Å². The fourth-order valence-electron chi connectivity index (χ4n) is 9.50. The van der Waals surface area contributed by atoms with E-state index < -0.39 is 35.3 Å². The average molecular weight is 905 g/mol. The molecule has 9 aromatic carbocycles. The van der Waals surface area contributed by atoms with Crippen LogP contribution in [0.2, 0.25) is 0 Å². The normalized spacial score (nSPS) is 12.9. The van der Waals surface area contributed by atoms with E-state index in [0.29, 0.717) is 66.6 Å². The molecule has 10 heteroatoms. The zero-order valence-corrected chi connectivity index (χ0v) is 35.6. The minimum Gasteiger partial charge on any atom is -0.307 e. The van der Waals surface area contributed by atoms with E-state index >= 15 is 9.59 Å². The predicted octanol–water partition coefficient (Wildman–Crippen LogP) is 16.0. The lowest BCUT2D eigenvalue weighted by Crippen LogP contribution is -2.30. The van der Waals surface area contributed by atoms with Gasteiger partial charge in [0.05, 0.1) is 44.7 Å². The standard InChI is InChI=1S/C58H34F6N2O2/c59-57(60,61)41-29-25-38(26-30-41)43-19-10-21-45-46-22-11-20-44(39-27-31-42(32-28-39)58(62,63)64)53(46)65(52(43)45)50-24-12-23-47-51(50)56(68)66(55(47)67)54-48(36-15-6-2-7-16-36)33-40(35-13-4-1-5-14-35)34-49(54)37-17-8-3-9-18-37/h1-34H. The van der Waals surface area contributed by atoms with E-state index in [1.807, 2.05) is 120 Å². The van der Waals surface area contributed by atoms with Gasteiger partial charge in [0.15, 0.2) is 0 Å². The highest BCUT2D eigenvalue weighted by molar-refractivity contribution is 6.37. The number of imide groups is 1. The molecule has 0 atom stereocenters. The molecule has 0 unspecified atom stereocenters. The summed E-state index contributed by atoms with van der Waals surface area (Å²) in [4.78, 5) is 32.3. The summed E-state index contributed by atoms with van der Waals surface area (Å²) in [5, 5.41) is 1.32. The second-order valence-electron chi connectivity index (χ2n) is 16.6. The molecule has 0 fully saturated rings. The summed E-state index contributed by atoms with van der Waals surface area (Å²) >= 11 is 0. The lowest BCUT2D eigenvalue weighted by atomic mass is 9.90. The van der Waals surface area contributed by atoms with Gasteiger partial charge in [-0.2, -0.15) is 26.3 Å². The van der Waals surface area contributed by atoms with Crippen molar-refractivity contribution in [3.63, 3.8) is 0 Å². The van der Waals surface area contributed by atoms with Crippen molar-refractivity contribution in [2.24, 2.45) is 0 Å². The Balaban J connectivity index is 1.19. The number of amides is 2. The number of nitrogens with zero attached hydrogens (tertiary/aromatic N) is 2. The molecule has 0 radical (unpaired) electrons. The summed E-state index contributed by atoms with van der Waals surface area (Å²) in [6.45, 7) is 0. The molecule has 0 aliphatic carbocycles. The number of alkyl halides is 6. The van der Waals surface area contributed by atoms with E-state index in [4.69, 9.17) is 0 Å². The lowest BCUT2D eigenvalue weighted by molar-refractivity contribution is -0.138. The Kier molecular flexibility index (Phi) is 10.0. The second kappa shape index (κ2) is 16.1. The highest BCUT2D eigenvalue weighted by Crippen LogP contribution is 2.49. The molecule has 2 amide bonds. The maximum atomic E-state index is 15.8. The van der Waals surface area contributed by atoms with Gasteiger partial charge >= 0.3 is 12.4 Å². The maximum absolute atomic E-state index is 15.8. The van der Waals surface area contributed by atoms with E-state index in [1.54, 1.807) is 42.5 Å². The zero-order valence-electron chi connectivity index (χ0n) is 35.6. The summed E-state index contributed by atoms with van der Waals surface area (Å²) in [5.74, 6) is -1.18. The number of hydrogen-bond donors (Lipinski definition) is 0. The summed E-state index contributed by atoms with van der Waals surface area (Å²) in [6, 6.07) is 58.2. The largest absolute Gasteiger partial charge is 0.416 e. The van der Waals surface area contributed by atoms with Crippen LogP contribution in [0.3, 0.4) is 0 Å². The van der Waals surface area contributed by atoms with Gasteiger partial charge in [0, 0.05) is 33.0 Å². The SMILES string of the molecule is O=C1c2cccc(-n3c4c(-c5ccc(C(F)(F)F)cc5)cccc4c4cccc(-c5ccc(C(F)(F)F)cc5)c43)c2C(=O)N1c1c(-c2ccccc2)cc(-c2ccccc2)cc1-c1ccccc1. The Bertz CT molecular complexity index is 3430. The van der Waals surface area contributed by atoms with E-state index in [-0.39, 0.29) is 11.1 Å². The number of rotatable bonds is 7. The fraction of sp³-hybridized carbons (Fsp3) is 0.0345.